The Hall–Kier alpha value is -0.0000000000000000416. The van der Waals surface area contributed by atoms with Crippen LogP contribution in [0.2, 0.25) is 0 Å². The maximum absolute atomic E-state index is 10.9. The van der Waals surface area contributed by atoms with Gasteiger partial charge in [-0.15, -0.1) is 0 Å². The van der Waals surface area contributed by atoms with Gasteiger partial charge in [-0.3, -0.25) is 4.52 Å². The van der Waals surface area contributed by atoms with Gasteiger partial charge in [0.25, 0.3) is 0 Å². The first-order valence-electron chi connectivity index (χ1n) is 3.93. The van der Waals surface area contributed by atoms with E-state index in [2.05, 4.69) is 15.4 Å². The largest absolute Gasteiger partial charge is 0.481 e. The second-order valence-corrected chi connectivity index (χ2v) is 5.91. The van der Waals surface area contributed by atoms with Gasteiger partial charge < -0.3 is 14.7 Å². The van der Waals surface area contributed by atoms with Gasteiger partial charge in [-0.25, -0.2) is 9.13 Å². The van der Waals surface area contributed by atoms with E-state index in [9.17, 15) is 9.13 Å². The van der Waals surface area contributed by atoms with E-state index in [1.807, 2.05) is 0 Å². The van der Waals surface area contributed by atoms with Crippen LogP contribution in [0.4, 0.5) is 0 Å². The molecule has 9 heteroatoms. The lowest BCUT2D eigenvalue weighted by Gasteiger charge is -2.15. The van der Waals surface area contributed by atoms with Gasteiger partial charge in [0.2, 0.25) is 0 Å². The van der Waals surface area contributed by atoms with Gasteiger partial charge in [0.15, 0.2) is 0 Å². The molecule has 0 aromatic rings. The van der Waals surface area contributed by atoms with Gasteiger partial charge in [0.1, 0.15) is 0 Å². The average molecular weight is 260 g/mol. The Morgan fingerprint density at radius 3 is 2.20 bits per heavy atom. The third kappa shape index (κ3) is 7.88. The zero-order valence-corrected chi connectivity index (χ0v) is 10.1. The van der Waals surface area contributed by atoms with Gasteiger partial charge >= 0.3 is 15.6 Å². The van der Waals surface area contributed by atoms with Crippen LogP contribution in [0, 0.1) is 5.92 Å². The summed E-state index contributed by atoms with van der Waals surface area (Å²) < 4.78 is 29.2. The van der Waals surface area contributed by atoms with E-state index in [1.54, 1.807) is 13.8 Å². The second-order valence-electron chi connectivity index (χ2n) is 3.08. The molecule has 15 heavy (non-hydrogen) atoms. The first-order chi connectivity index (χ1) is 6.53. The Labute approximate surface area is 87.6 Å². The van der Waals surface area contributed by atoms with E-state index in [0.29, 0.717) is 5.57 Å². The molecule has 0 aliphatic carbocycles. The molecule has 7 nitrogen and oxygen atoms in total. The minimum atomic E-state index is -5.03. The molecule has 0 heterocycles. The number of hydrogen-bond donors (Lipinski definition) is 3. The summed E-state index contributed by atoms with van der Waals surface area (Å²) in [5.74, 6) is -0.217. The van der Waals surface area contributed by atoms with Crippen LogP contribution in [0.5, 0.6) is 0 Å². The third-order valence-electron chi connectivity index (χ3n) is 1.54. The van der Waals surface area contributed by atoms with Gasteiger partial charge in [-0.2, -0.15) is 4.31 Å². The van der Waals surface area contributed by atoms with Crippen molar-refractivity contribution in [1.29, 1.82) is 0 Å². The van der Waals surface area contributed by atoms with Crippen molar-refractivity contribution in [2.24, 2.45) is 5.92 Å². The Morgan fingerprint density at radius 1 is 1.40 bits per heavy atom. The molecule has 0 spiro atoms. The molecule has 0 aliphatic rings. The number of phosphoric ester groups is 1. The van der Waals surface area contributed by atoms with E-state index < -0.39 is 15.6 Å². The molecule has 90 valence electrons. The van der Waals surface area contributed by atoms with Crippen molar-refractivity contribution in [3.05, 3.63) is 12.2 Å². The van der Waals surface area contributed by atoms with E-state index in [-0.39, 0.29) is 12.5 Å². The summed E-state index contributed by atoms with van der Waals surface area (Å²) in [6.45, 7) is 6.75. The van der Waals surface area contributed by atoms with Gasteiger partial charge in [-0.05, 0) is 6.92 Å². The van der Waals surface area contributed by atoms with Crippen LogP contribution in [0.3, 0.4) is 0 Å². The van der Waals surface area contributed by atoms with Gasteiger partial charge in [0, 0.05) is 5.92 Å². The van der Waals surface area contributed by atoms with Crippen molar-refractivity contribution in [3.63, 3.8) is 0 Å². The normalized spacial score (nSPS) is 18.2. The summed E-state index contributed by atoms with van der Waals surface area (Å²) in [5.41, 5.74) is 0.714. The highest BCUT2D eigenvalue weighted by atomic mass is 31.3. The van der Waals surface area contributed by atoms with Crippen LogP contribution in [0.1, 0.15) is 13.8 Å². The summed E-state index contributed by atoms with van der Waals surface area (Å²) in [6.07, 6.45) is 0. The number of rotatable bonds is 6. The summed E-state index contributed by atoms with van der Waals surface area (Å²) >= 11 is 0. The summed E-state index contributed by atoms with van der Waals surface area (Å²) in [6, 6.07) is 0. The fourth-order valence-electron chi connectivity index (χ4n) is 0.506. The Kier molecular flexibility index (Phi) is 5.37. The number of phosphoric acid groups is 2. The van der Waals surface area contributed by atoms with E-state index in [4.69, 9.17) is 14.7 Å². The van der Waals surface area contributed by atoms with Crippen LogP contribution >= 0.6 is 15.6 Å². The molecule has 0 aliphatic heterocycles. The van der Waals surface area contributed by atoms with Crippen molar-refractivity contribution < 1.29 is 32.6 Å². The summed E-state index contributed by atoms with van der Waals surface area (Å²) in [5, 5.41) is 0. The minimum absolute atomic E-state index is 0.205. The third-order valence-corrected chi connectivity index (χ3v) is 3.69. The molecule has 2 atom stereocenters. The van der Waals surface area contributed by atoms with E-state index >= 15 is 0 Å². The standard InChI is InChI=1S/C6H14O7P2/c1-5(2)6(3)4-12-15(10,11)13-14(7,8)9/h6H,1,4H2,2-3H3,(H,10,11)(H2,7,8,9). The predicted molar refractivity (Wildman–Crippen MR) is 52.9 cm³/mol. The minimum Gasteiger partial charge on any atom is -0.302 e. The number of hydrogen-bond acceptors (Lipinski definition) is 4. The summed E-state index contributed by atoms with van der Waals surface area (Å²) in [7, 11) is -9.74. The molecular weight excluding hydrogens is 246 g/mol. The first kappa shape index (κ1) is 15.0. The lowest BCUT2D eigenvalue weighted by Crippen LogP contribution is -2.06. The molecule has 2 unspecified atom stereocenters. The SMILES string of the molecule is C=C(C)C(C)COP(=O)(O)OP(=O)(O)O. The quantitative estimate of drug-likeness (QED) is 0.488. The first-order valence-corrected chi connectivity index (χ1v) is 6.96. The summed E-state index contributed by atoms with van der Waals surface area (Å²) in [4.78, 5) is 25.4. The van der Waals surface area contributed by atoms with Crippen molar-refractivity contribution in [1.82, 2.24) is 0 Å². The Balaban J connectivity index is 4.23. The van der Waals surface area contributed by atoms with Gasteiger partial charge in [-0.1, -0.05) is 19.1 Å². The van der Waals surface area contributed by atoms with Crippen LogP contribution in [-0.4, -0.2) is 21.3 Å². The molecule has 0 aromatic carbocycles. The molecule has 0 radical (unpaired) electrons. The van der Waals surface area contributed by atoms with Crippen LogP contribution in [-0.2, 0) is 18.0 Å². The van der Waals surface area contributed by atoms with Crippen LogP contribution < -0.4 is 0 Å². The highest BCUT2D eigenvalue weighted by Crippen LogP contribution is 2.57. The Bertz CT molecular complexity index is 319. The highest BCUT2D eigenvalue weighted by Gasteiger charge is 2.32. The van der Waals surface area contributed by atoms with E-state index in [0.717, 1.165) is 0 Å². The lowest BCUT2D eigenvalue weighted by molar-refractivity contribution is 0.167. The Morgan fingerprint density at radius 2 is 1.87 bits per heavy atom. The maximum atomic E-state index is 10.9. The fourth-order valence-corrected chi connectivity index (χ4v) is 2.18. The maximum Gasteiger partial charge on any atom is 0.481 e. The predicted octanol–water partition coefficient (Wildman–Crippen LogP) is 1.42. The molecule has 0 saturated heterocycles. The topological polar surface area (TPSA) is 113 Å². The molecule has 3 N–H and O–H groups in total. The zero-order valence-electron chi connectivity index (χ0n) is 8.36. The smallest absolute Gasteiger partial charge is 0.302 e. The molecule has 0 amide bonds. The lowest BCUT2D eigenvalue weighted by atomic mass is 10.1. The van der Waals surface area contributed by atoms with Crippen molar-refractivity contribution >= 4 is 15.6 Å². The van der Waals surface area contributed by atoms with E-state index in [1.165, 1.54) is 0 Å². The highest BCUT2D eigenvalue weighted by molar-refractivity contribution is 7.60. The molecule has 0 fully saturated rings. The van der Waals surface area contributed by atoms with Crippen molar-refractivity contribution in [2.75, 3.05) is 6.61 Å². The van der Waals surface area contributed by atoms with Gasteiger partial charge in [0.05, 0.1) is 6.61 Å². The fraction of sp³-hybridized carbons (Fsp3) is 0.667. The molecular formula is C6H14O7P2. The monoisotopic (exact) mass is 260 g/mol. The zero-order chi connectivity index (χ0) is 12.3. The molecule has 0 bridgehead atoms. The second kappa shape index (κ2) is 5.37. The van der Waals surface area contributed by atoms with Crippen LogP contribution in [0.25, 0.3) is 0 Å². The molecule has 0 saturated carbocycles. The molecule has 0 aromatic heterocycles. The average Bonchev–Trinajstić information content (AvgIpc) is 1.95. The van der Waals surface area contributed by atoms with Crippen LogP contribution in [0.15, 0.2) is 12.2 Å². The van der Waals surface area contributed by atoms with Crippen molar-refractivity contribution in [2.45, 2.75) is 13.8 Å². The van der Waals surface area contributed by atoms with Crippen molar-refractivity contribution in [3.8, 4) is 0 Å². The molecule has 0 rings (SSSR count).